The van der Waals surface area contributed by atoms with E-state index in [-0.39, 0.29) is 11.7 Å². The average molecular weight is 439 g/mol. The van der Waals surface area contributed by atoms with Gasteiger partial charge in [0, 0.05) is 40.8 Å². The highest BCUT2D eigenvalue weighted by Crippen LogP contribution is 2.47. The summed E-state index contributed by atoms with van der Waals surface area (Å²) in [5, 5.41) is 4.92. The van der Waals surface area contributed by atoms with Crippen molar-refractivity contribution in [2.45, 2.75) is 24.8 Å². The Bertz CT molecular complexity index is 1370. The Balaban J connectivity index is 1.51. The molecular formula is C26H22FN5O. The molecule has 2 aliphatic heterocycles. The van der Waals surface area contributed by atoms with Crippen LogP contribution in [0.3, 0.4) is 0 Å². The number of rotatable bonds is 3. The van der Waals surface area contributed by atoms with Crippen molar-refractivity contribution in [1.82, 2.24) is 20.3 Å². The monoisotopic (exact) mass is 439 g/mol. The minimum Gasteiger partial charge on any atom is -0.317 e. The number of hydrogen-bond acceptors (Lipinski definition) is 5. The van der Waals surface area contributed by atoms with Crippen molar-refractivity contribution in [2.75, 3.05) is 18.0 Å². The molecule has 2 aromatic heterocycles. The van der Waals surface area contributed by atoms with E-state index in [0.717, 1.165) is 59.1 Å². The summed E-state index contributed by atoms with van der Waals surface area (Å²) in [7, 11) is 0. The van der Waals surface area contributed by atoms with Gasteiger partial charge in [-0.2, -0.15) is 0 Å². The van der Waals surface area contributed by atoms with Gasteiger partial charge in [-0.25, -0.2) is 14.4 Å². The highest BCUT2D eigenvalue weighted by molar-refractivity contribution is 6.08. The van der Waals surface area contributed by atoms with Crippen molar-refractivity contribution in [3.63, 3.8) is 0 Å². The van der Waals surface area contributed by atoms with E-state index in [2.05, 4.69) is 21.4 Å². The minimum atomic E-state index is -0.499. The van der Waals surface area contributed by atoms with Crippen LogP contribution in [0.4, 0.5) is 10.1 Å². The Hall–Kier alpha value is -3.71. The van der Waals surface area contributed by atoms with E-state index in [1.54, 1.807) is 24.7 Å². The molecule has 33 heavy (non-hydrogen) atoms. The SMILES string of the molecule is O=C1N(Cc2ncc3ccc(F)cc3c2-c2cncnc2)c2ccccc2C12CCNCC2. The summed E-state index contributed by atoms with van der Waals surface area (Å²) in [6, 6.07) is 12.7. The van der Waals surface area contributed by atoms with Crippen molar-refractivity contribution in [3.8, 4) is 11.1 Å². The second-order valence-electron chi connectivity index (χ2n) is 8.68. The molecule has 0 aliphatic carbocycles. The lowest BCUT2D eigenvalue weighted by Crippen LogP contribution is -2.47. The van der Waals surface area contributed by atoms with Gasteiger partial charge in [0.15, 0.2) is 0 Å². The first-order valence-electron chi connectivity index (χ1n) is 11.1. The normalized spacial score (nSPS) is 17.0. The number of halogens is 1. The number of para-hydroxylation sites is 1. The average Bonchev–Trinajstić information content (AvgIpc) is 3.07. The lowest BCUT2D eigenvalue weighted by molar-refractivity contribution is -0.124. The smallest absolute Gasteiger partial charge is 0.238 e. The molecule has 0 bridgehead atoms. The molecule has 4 aromatic rings. The van der Waals surface area contributed by atoms with Crippen molar-refractivity contribution in [2.24, 2.45) is 0 Å². The summed E-state index contributed by atoms with van der Waals surface area (Å²) in [5.74, 6) is -0.212. The number of nitrogens with zero attached hydrogens (tertiary/aromatic N) is 4. The number of piperidine rings is 1. The molecule has 1 saturated heterocycles. The molecule has 1 amide bonds. The molecule has 1 fully saturated rings. The minimum absolute atomic E-state index is 0.113. The van der Waals surface area contributed by atoms with Gasteiger partial charge in [0.2, 0.25) is 5.91 Å². The lowest BCUT2D eigenvalue weighted by atomic mass is 9.74. The maximum absolute atomic E-state index is 14.2. The number of anilines is 1. The number of nitrogens with one attached hydrogen (secondary N) is 1. The van der Waals surface area contributed by atoms with Gasteiger partial charge in [-0.05, 0) is 61.1 Å². The Kier molecular flexibility index (Phi) is 4.66. The first kappa shape index (κ1) is 19.9. The third kappa shape index (κ3) is 3.11. The largest absolute Gasteiger partial charge is 0.317 e. The molecular weight excluding hydrogens is 417 g/mol. The highest BCUT2D eigenvalue weighted by atomic mass is 19.1. The second-order valence-corrected chi connectivity index (χ2v) is 8.68. The van der Waals surface area contributed by atoms with Crippen LogP contribution in [-0.4, -0.2) is 33.9 Å². The van der Waals surface area contributed by atoms with Gasteiger partial charge in [0.25, 0.3) is 0 Å². The zero-order chi connectivity index (χ0) is 22.4. The lowest BCUT2D eigenvalue weighted by Gasteiger charge is -2.33. The molecule has 6 nitrogen and oxygen atoms in total. The number of hydrogen-bond donors (Lipinski definition) is 1. The summed E-state index contributed by atoms with van der Waals surface area (Å²) in [6.45, 7) is 1.92. The molecule has 4 heterocycles. The van der Waals surface area contributed by atoms with E-state index in [1.165, 1.54) is 18.5 Å². The van der Waals surface area contributed by atoms with Crippen LogP contribution < -0.4 is 10.2 Å². The molecule has 1 N–H and O–H groups in total. The van der Waals surface area contributed by atoms with E-state index in [9.17, 15) is 9.18 Å². The molecule has 0 radical (unpaired) electrons. The fourth-order valence-corrected chi connectivity index (χ4v) is 5.34. The van der Waals surface area contributed by atoms with Gasteiger partial charge in [0.05, 0.1) is 17.7 Å². The second kappa shape index (κ2) is 7.71. The number of aromatic nitrogens is 3. The maximum atomic E-state index is 14.2. The van der Waals surface area contributed by atoms with Crippen molar-refractivity contribution in [3.05, 3.63) is 84.5 Å². The van der Waals surface area contributed by atoms with Crippen LogP contribution in [0.25, 0.3) is 21.9 Å². The maximum Gasteiger partial charge on any atom is 0.238 e. The van der Waals surface area contributed by atoms with Gasteiger partial charge < -0.3 is 10.2 Å². The van der Waals surface area contributed by atoms with Crippen LogP contribution in [0.2, 0.25) is 0 Å². The summed E-state index contributed by atoms with van der Waals surface area (Å²) < 4.78 is 14.2. The third-order valence-electron chi connectivity index (χ3n) is 6.91. The van der Waals surface area contributed by atoms with E-state index < -0.39 is 5.41 Å². The van der Waals surface area contributed by atoms with Crippen LogP contribution in [0.15, 0.2) is 67.4 Å². The van der Waals surface area contributed by atoms with Crippen LogP contribution in [0.1, 0.15) is 24.1 Å². The standard InChI is InChI=1S/C26H22FN5O/c27-19-6-5-17-14-31-22(24(20(17)11-19)18-12-29-16-30-13-18)15-32-23-4-2-1-3-21(23)26(25(32)33)7-9-28-10-8-26/h1-6,11-14,16,28H,7-10,15H2. The van der Waals surface area contributed by atoms with Crippen molar-refractivity contribution in [1.29, 1.82) is 0 Å². The first-order chi connectivity index (χ1) is 16.2. The predicted octanol–water partition coefficient (Wildman–Crippen LogP) is 4.00. The number of carbonyl (C=O) groups excluding carboxylic acids is 1. The van der Waals surface area contributed by atoms with Crippen molar-refractivity contribution < 1.29 is 9.18 Å². The van der Waals surface area contributed by atoms with Gasteiger partial charge in [-0.3, -0.25) is 9.78 Å². The third-order valence-corrected chi connectivity index (χ3v) is 6.91. The summed E-state index contributed by atoms with van der Waals surface area (Å²) in [4.78, 5) is 28.8. The van der Waals surface area contributed by atoms with Crippen LogP contribution in [0.5, 0.6) is 0 Å². The molecule has 6 rings (SSSR count). The number of carbonyl (C=O) groups is 1. The first-order valence-corrected chi connectivity index (χ1v) is 11.1. The number of fused-ring (bicyclic) bond motifs is 3. The molecule has 2 aromatic carbocycles. The number of benzene rings is 2. The summed E-state index contributed by atoms with van der Waals surface area (Å²) in [6.07, 6.45) is 8.15. The van der Waals surface area contributed by atoms with E-state index in [4.69, 9.17) is 4.98 Å². The Labute approximate surface area is 190 Å². The number of amides is 1. The Morgan fingerprint density at radius 1 is 1.03 bits per heavy atom. The quantitative estimate of drug-likeness (QED) is 0.523. The molecule has 1 spiro atoms. The van der Waals surface area contributed by atoms with E-state index in [1.807, 2.05) is 23.1 Å². The predicted molar refractivity (Wildman–Crippen MR) is 124 cm³/mol. The van der Waals surface area contributed by atoms with Crippen LogP contribution in [-0.2, 0) is 16.8 Å². The molecule has 164 valence electrons. The number of pyridine rings is 1. The van der Waals surface area contributed by atoms with Gasteiger partial charge in [0.1, 0.15) is 12.1 Å². The Morgan fingerprint density at radius 3 is 2.64 bits per heavy atom. The van der Waals surface area contributed by atoms with Gasteiger partial charge >= 0.3 is 0 Å². The van der Waals surface area contributed by atoms with E-state index >= 15 is 0 Å². The van der Waals surface area contributed by atoms with E-state index in [0.29, 0.717) is 12.2 Å². The summed E-state index contributed by atoms with van der Waals surface area (Å²) in [5.41, 5.74) is 3.71. The van der Waals surface area contributed by atoms with Crippen LogP contribution >= 0.6 is 0 Å². The fraction of sp³-hybridized carbons (Fsp3) is 0.231. The van der Waals surface area contributed by atoms with Gasteiger partial charge in [-0.1, -0.05) is 18.2 Å². The highest BCUT2D eigenvalue weighted by Gasteiger charge is 2.51. The molecule has 0 saturated carbocycles. The zero-order valence-electron chi connectivity index (χ0n) is 18.0. The summed E-state index contributed by atoms with van der Waals surface area (Å²) >= 11 is 0. The fourth-order valence-electron chi connectivity index (χ4n) is 5.34. The Morgan fingerprint density at radius 2 is 1.82 bits per heavy atom. The van der Waals surface area contributed by atoms with Crippen LogP contribution in [0, 0.1) is 5.82 Å². The zero-order valence-corrected chi connectivity index (χ0v) is 18.0. The molecule has 0 atom stereocenters. The van der Waals surface area contributed by atoms with Gasteiger partial charge in [-0.15, -0.1) is 0 Å². The molecule has 2 aliphatic rings. The van der Waals surface area contributed by atoms with Crippen molar-refractivity contribution >= 4 is 22.4 Å². The molecule has 7 heteroatoms. The topological polar surface area (TPSA) is 71.0 Å². The molecule has 0 unspecified atom stereocenters.